The molecule has 21 heavy (non-hydrogen) atoms. The van der Waals surface area contributed by atoms with E-state index in [1.165, 1.54) is 7.11 Å². The van der Waals surface area contributed by atoms with Gasteiger partial charge in [0.15, 0.2) is 0 Å². The van der Waals surface area contributed by atoms with Gasteiger partial charge in [0.1, 0.15) is 6.61 Å². The van der Waals surface area contributed by atoms with Gasteiger partial charge in [-0.3, -0.25) is 9.59 Å². The third kappa shape index (κ3) is 4.17. The molecule has 0 aromatic heterocycles. The van der Waals surface area contributed by atoms with Crippen molar-refractivity contribution in [3.8, 4) is 0 Å². The number of hydrogen-bond donors (Lipinski definition) is 2. The normalized spacial score (nSPS) is 27.4. The van der Waals surface area contributed by atoms with Crippen LogP contribution in [0.15, 0.2) is 0 Å². The Morgan fingerprint density at radius 3 is 2.62 bits per heavy atom. The van der Waals surface area contributed by atoms with E-state index in [4.69, 9.17) is 4.74 Å². The van der Waals surface area contributed by atoms with E-state index in [0.717, 1.165) is 38.6 Å². The highest BCUT2D eigenvalue weighted by Gasteiger charge is 2.35. The number of piperidine rings is 2. The van der Waals surface area contributed by atoms with Crippen LogP contribution in [-0.4, -0.2) is 61.6 Å². The van der Waals surface area contributed by atoms with Gasteiger partial charge in [0.2, 0.25) is 11.8 Å². The number of likely N-dealkylation sites (tertiary alicyclic amines) is 1. The maximum atomic E-state index is 12.4. The van der Waals surface area contributed by atoms with Crippen LogP contribution in [0.4, 0.5) is 0 Å². The molecule has 2 heterocycles. The summed E-state index contributed by atoms with van der Waals surface area (Å²) in [5.41, 5.74) is -0.429. The molecule has 2 rings (SSSR count). The van der Waals surface area contributed by atoms with Crippen LogP contribution < -0.4 is 10.6 Å². The summed E-state index contributed by atoms with van der Waals surface area (Å²) in [6.45, 7) is 4.42. The largest absolute Gasteiger partial charge is 0.375 e. The van der Waals surface area contributed by atoms with Crippen LogP contribution in [0, 0.1) is 0 Å². The van der Waals surface area contributed by atoms with Crippen LogP contribution in [-0.2, 0) is 14.3 Å². The smallest absolute Gasteiger partial charge is 0.248 e. The van der Waals surface area contributed by atoms with Gasteiger partial charge in [-0.25, -0.2) is 0 Å². The summed E-state index contributed by atoms with van der Waals surface area (Å²) in [6, 6.07) is 0.171. The fourth-order valence-electron chi connectivity index (χ4n) is 3.08. The maximum absolute atomic E-state index is 12.4. The number of nitrogens with zero attached hydrogens (tertiary/aromatic N) is 1. The van der Waals surface area contributed by atoms with Crippen LogP contribution in [0.1, 0.15) is 39.0 Å². The van der Waals surface area contributed by atoms with Crippen LogP contribution in [0.2, 0.25) is 0 Å². The number of ether oxygens (including phenoxy) is 1. The first kappa shape index (κ1) is 16.2. The molecule has 0 aromatic rings. The van der Waals surface area contributed by atoms with E-state index in [1.807, 2.05) is 11.8 Å². The summed E-state index contributed by atoms with van der Waals surface area (Å²) in [4.78, 5) is 26.0. The van der Waals surface area contributed by atoms with Crippen LogP contribution >= 0.6 is 0 Å². The molecule has 2 N–H and O–H groups in total. The molecular weight excluding hydrogens is 270 g/mol. The number of amides is 2. The van der Waals surface area contributed by atoms with Gasteiger partial charge >= 0.3 is 0 Å². The molecule has 2 aliphatic rings. The summed E-state index contributed by atoms with van der Waals surface area (Å²) in [6.07, 6.45) is 4.77. The van der Waals surface area contributed by atoms with Gasteiger partial charge in [-0.2, -0.15) is 0 Å². The Kier molecular flexibility index (Phi) is 5.58. The fraction of sp³-hybridized carbons (Fsp3) is 0.867. The Labute approximate surface area is 126 Å². The molecule has 120 valence electrons. The number of rotatable bonds is 4. The van der Waals surface area contributed by atoms with Gasteiger partial charge in [-0.1, -0.05) is 0 Å². The van der Waals surface area contributed by atoms with Gasteiger partial charge in [-0.05, 0) is 45.6 Å². The molecule has 0 spiro atoms. The highest BCUT2D eigenvalue weighted by atomic mass is 16.5. The van der Waals surface area contributed by atoms with Crippen molar-refractivity contribution in [2.24, 2.45) is 0 Å². The molecule has 2 aliphatic heterocycles. The first-order chi connectivity index (χ1) is 10.0. The van der Waals surface area contributed by atoms with E-state index < -0.39 is 5.54 Å². The Bertz CT molecular complexity index is 372. The minimum atomic E-state index is -0.429. The average Bonchev–Trinajstić information content (AvgIpc) is 2.49. The van der Waals surface area contributed by atoms with Gasteiger partial charge in [-0.15, -0.1) is 0 Å². The van der Waals surface area contributed by atoms with E-state index in [2.05, 4.69) is 10.6 Å². The summed E-state index contributed by atoms with van der Waals surface area (Å²) in [5.74, 6) is 0.132. The molecule has 1 atom stereocenters. The molecule has 0 bridgehead atoms. The molecule has 0 aliphatic carbocycles. The maximum Gasteiger partial charge on any atom is 0.248 e. The standard InChI is InChI=1S/C15H27N3O3/c1-15(7-3-4-8-16-15)14(20)17-12-5-9-18(10-6-12)13(19)11-21-2/h12,16H,3-11H2,1-2H3,(H,17,20). The third-order valence-corrected chi connectivity index (χ3v) is 4.57. The Morgan fingerprint density at radius 1 is 1.33 bits per heavy atom. The van der Waals surface area contributed by atoms with E-state index >= 15 is 0 Å². The summed E-state index contributed by atoms with van der Waals surface area (Å²) in [5, 5.41) is 6.49. The number of carbonyl (C=O) groups is 2. The lowest BCUT2D eigenvalue weighted by atomic mass is 9.89. The van der Waals surface area contributed by atoms with Crippen LogP contribution in [0.25, 0.3) is 0 Å². The zero-order valence-electron chi connectivity index (χ0n) is 13.1. The zero-order valence-corrected chi connectivity index (χ0v) is 13.1. The Hall–Kier alpha value is -1.14. The predicted octanol–water partition coefficient (Wildman–Crippen LogP) is 0.272. The van der Waals surface area contributed by atoms with E-state index in [9.17, 15) is 9.59 Å². The highest BCUT2D eigenvalue weighted by molar-refractivity contribution is 5.86. The summed E-state index contributed by atoms with van der Waals surface area (Å²) < 4.78 is 4.87. The molecule has 2 amide bonds. The van der Waals surface area contributed by atoms with Crippen molar-refractivity contribution in [1.29, 1.82) is 0 Å². The number of hydrogen-bond acceptors (Lipinski definition) is 4. The van der Waals surface area contributed by atoms with Crippen molar-refractivity contribution in [2.75, 3.05) is 33.4 Å². The molecule has 2 fully saturated rings. The second-order valence-corrected chi connectivity index (χ2v) is 6.28. The van der Waals surface area contributed by atoms with E-state index in [-0.39, 0.29) is 24.5 Å². The van der Waals surface area contributed by atoms with Crippen molar-refractivity contribution in [2.45, 2.75) is 50.6 Å². The second kappa shape index (κ2) is 7.22. The van der Waals surface area contributed by atoms with Gasteiger partial charge in [0.25, 0.3) is 0 Å². The lowest BCUT2D eigenvalue weighted by Gasteiger charge is -2.37. The van der Waals surface area contributed by atoms with Crippen molar-refractivity contribution in [3.05, 3.63) is 0 Å². The summed E-state index contributed by atoms with van der Waals surface area (Å²) in [7, 11) is 1.53. The quantitative estimate of drug-likeness (QED) is 0.781. The molecule has 6 heteroatoms. The predicted molar refractivity (Wildman–Crippen MR) is 79.9 cm³/mol. The zero-order chi connectivity index (χ0) is 15.3. The number of carbonyl (C=O) groups excluding carboxylic acids is 2. The highest BCUT2D eigenvalue weighted by Crippen LogP contribution is 2.20. The molecule has 0 saturated carbocycles. The van der Waals surface area contributed by atoms with Gasteiger partial charge < -0.3 is 20.3 Å². The first-order valence-corrected chi connectivity index (χ1v) is 7.88. The Balaban J connectivity index is 1.78. The molecule has 2 saturated heterocycles. The SMILES string of the molecule is COCC(=O)N1CCC(NC(=O)C2(C)CCCCN2)CC1. The molecule has 0 aromatic carbocycles. The number of methoxy groups -OCH3 is 1. The first-order valence-electron chi connectivity index (χ1n) is 7.88. The van der Waals surface area contributed by atoms with Crippen molar-refractivity contribution in [1.82, 2.24) is 15.5 Å². The minimum absolute atomic E-state index is 0.0307. The van der Waals surface area contributed by atoms with Crippen LogP contribution in [0.5, 0.6) is 0 Å². The minimum Gasteiger partial charge on any atom is -0.375 e. The second-order valence-electron chi connectivity index (χ2n) is 6.28. The van der Waals surface area contributed by atoms with Crippen molar-refractivity contribution >= 4 is 11.8 Å². The van der Waals surface area contributed by atoms with E-state index in [0.29, 0.717) is 13.1 Å². The van der Waals surface area contributed by atoms with Crippen LogP contribution in [0.3, 0.4) is 0 Å². The van der Waals surface area contributed by atoms with Crippen molar-refractivity contribution in [3.63, 3.8) is 0 Å². The molecule has 6 nitrogen and oxygen atoms in total. The van der Waals surface area contributed by atoms with Gasteiger partial charge in [0, 0.05) is 26.2 Å². The topological polar surface area (TPSA) is 70.7 Å². The number of nitrogens with one attached hydrogen (secondary N) is 2. The fourth-order valence-corrected chi connectivity index (χ4v) is 3.08. The average molecular weight is 297 g/mol. The van der Waals surface area contributed by atoms with Gasteiger partial charge in [0.05, 0.1) is 5.54 Å². The molecular formula is C15H27N3O3. The third-order valence-electron chi connectivity index (χ3n) is 4.57. The van der Waals surface area contributed by atoms with E-state index in [1.54, 1.807) is 0 Å². The molecule has 1 unspecified atom stereocenters. The Morgan fingerprint density at radius 2 is 2.05 bits per heavy atom. The monoisotopic (exact) mass is 297 g/mol. The lowest BCUT2D eigenvalue weighted by molar-refractivity contribution is -0.136. The summed E-state index contributed by atoms with van der Waals surface area (Å²) >= 11 is 0. The lowest BCUT2D eigenvalue weighted by Crippen LogP contribution is -2.59. The molecule has 0 radical (unpaired) electrons. The van der Waals surface area contributed by atoms with Crippen molar-refractivity contribution < 1.29 is 14.3 Å².